The summed E-state index contributed by atoms with van der Waals surface area (Å²) in [5, 5.41) is 8.78. The summed E-state index contributed by atoms with van der Waals surface area (Å²) in [6.45, 7) is 5.23. The molecule has 0 spiro atoms. The van der Waals surface area contributed by atoms with E-state index in [1.54, 1.807) is 6.07 Å². The summed E-state index contributed by atoms with van der Waals surface area (Å²) in [5.74, 6) is 0.495. The van der Waals surface area contributed by atoms with E-state index in [1.165, 1.54) is 44.1 Å². The molecule has 0 amide bonds. The van der Waals surface area contributed by atoms with Gasteiger partial charge >= 0.3 is 0 Å². The predicted molar refractivity (Wildman–Crippen MR) is 117 cm³/mol. The molecule has 2 aliphatic carbocycles. The average Bonchev–Trinajstić information content (AvgIpc) is 2.78. The van der Waals surface area contributed by atoms with E-state index in [0.29, 0.717) is 29.9 Å². The molecule has 0 aliphatic heterocycles. The van der Waals surface area contributed by atoms with Crippen molar-refractivity contribution >= 4 is 0 Å². The Balaban J connectivity index is 1.30. The molecule has 0 bridgehead atoms. The number of hydrogen-bond donors (Lipinski definition) is 0. The Bertz CT molecular complexity index is 721. The fraction of sp³-hybridized carbons (Fsp3) is 0.654. The molecule has 0 saturated heterocycles. The van der Waals surface area contributed by atoms with Crippen molar-refractivity contribution in [1.29, 1.82) is 5.26 Å². The van der Waals surface area contributed by atoms with Gasteiger partial charge in [-0.15, -0.1) is 0 Å². The van der Waals surface area contributed by atoms with Gasteiger partial charge in [-0.1, -0.05) is 19.4 Å². The molecule has 0 radical (unpaired) electrons. The highest BCUT2D eigenvalue weighted by Gasteiger charge is 2.25. The summed E-state index contributed by atoms with van der Waals surface area (Å²) >= 11 is 0. The van der Waals surface area contributed by atoms with Crippen LogP contribution in [0.25, 0.3) is 0 Å². The van der Waals surface area contributed by atoms with Crippen LogP contribution in [0.5, 0.6) is 0 Å². The zero-order chi connectivity index (χ0) is 22.1. The molecule has 2 fully saturated rings. The highest BCUT2D eigenvalue weighted by molar-refractivity contribution is 5.35. The van der Waals surface area contributed by atoms with Gasteiger partial charge in [0.25, 0.3) is 0 Å². The number of ether oxygens (including phenoxy) is 2. The summed E-state index contributed by atoms with van der Waals surface area (Å²) in [6, 6.07) is 4.19. The molecule has 0 unspecified atom stereocenters. The molecule has 2 saturated carbocycles. The number of aryl methyl sites for hydroxylation is 1. The van der Waals surface area contributed by atoms with Gasteiger partial charge in [0.05, 0.1) is 19.0 Å². The molecule has 0 atom stereocenters. The van der Waals surface area contributed by atoms with Crippen molar-refractivity contribution in [1.82, 2.24) is 0 Å². The van der Waals surface area contributed by atoms with Crippen LogP contribution < -0.4 is 0 Å². The SMILES string of the molecule is C=COCCC1CCC(OCC2CCC(CCc3cc(F)c(C#N)c(F)c3)CC2)CC1. The van der Waals surface area contributed by atoms with Crippen LogP contribution in [0.15, 0.2) is 25.0 Å². The van der Waals surface area contributed by atoms with Gasteiger partial charge in [-0.25, -0.2) is 8.78 Å². The van der Waals surface area contributed by atoms with Crippen LogP contribution in [-0.4, -0.2) is 19.3 Å². The first-order chi connectivity index (χ1) is 15.1. The predicted octanol–water partition coefficient (Wildman–Crippen LogP) is 6.70. The molecule has 3 rings (SSSR count). The van der Waals surface area contributed by atoms with Crippen molar-refractivity contribution in [3.05, 3.63) is 47.7 Å². The third kappa shape index (κ3) is 7.31. The molecule has 0 aromatic heterocycles. The van der Waals surface area contributed by atoms with Crippen molar-refractivity contribution in [2.45, 2.75) is 76.7 Å². The minimum Gasteiger partial charge on any atom is -0.502 e. The van der Waals surface area contributed by atoms with E-state index in [0.717, 1.165) is 57.7 Å². The molecule has 170 valence electrons. The van der Waals surface area contributed by atoms with E-state index >= 15 is 0 Å². The van der Waals surface area contributed by atoms with Gasteiger partial charge in [0, 0.05) is 6.61 Å². The van der Waals surface area contributed by atoms with Crippen LogP contribution in [0.3, 0.4) is 0 Å². The van der Waals surface area contributed by atoms with Crippen LogP contribution >= 0.6 is 0 Å². The third-order valence-electron chi connectivity index (χ3n) is 7.14. The lowest BCUT2D eigenvalue weighted by molar-refractivity contribution is -0.0114. The Hall–Kier alpha value is -1.93. The first-order valence-electron chi connectivity index (χ1n) is 11.8. The molecule has 3 nitrogen and oxygen atoms in total. The van der Waals surface area contributed by atoms with Crippen LogP contribution in [0.1, 0.15) is 75.3 Å². The first kappa shape index (κ1) is 23.7. The van der Waals surface area contributed by atoms with E-state index < -0.39 is 17.2 Å². The van der Waals surface area contributed by atoms with E-state index in [9.17, 15) is 8.78 Å². The Kier molecular flexibility index (Phi) is 9.33. The summed E-state index contributed by atoms with van der Waals surface area (Å²) in [5.41, 5.74) is 0.158. The lowest BCUT2D eigenvalue weighted by Crippen LogP contribution is -2.26. The van der Waals surface area contributed by atoms with Crippen molar-refractivity contribution < 1.29 is 18.3 Å². The zero-order valence-electron chi connectivity index (χ0n) is 18.5. The Morgan fingerprint density at radius 2 is 1.52 bits per heavy atom. The van der Waals surface area contributed by atoms with Gasteiger partial charge in [0.15, 0.2) is 0 Å². The third-order valence-corrected chi connectivity index (χ3v) is 7.14. The van der Waals surface area contributed by atoms with Gasteiger partial charge in [-0.2, -0.15) is 5.26 Å². The largest absolute Gasteiger partial charge is 0.502 e. The van der Waals surface area contributed by atoms with Gasteiger partial charge in [0.2, 0.25) is 0 Å². The average molecular weight is 432 g/mol. The second-order valence-electron chi connectivity index (χ2n) is 9.27. The maximum Gasteiger partial charge on any atom is 0.144 e. The molecule has 1 aromatic rings. The highest BCUT2D eigenvalue weighted by atomic mass is 19.1. The standard InChI is InChI=1S/C26H35F2NO2/c1-2-30-14-13-20-9-11-23(12-10-20)31-18-21-6-3-19(4-7-21)5-8-22-15-25(27)24(17-29)26(28)16-22/h2,15-16,19-21,23H,1,3-14,18H2. The molecular weight excluding hydrogens is 396 g/mol. The number of hydrogen-bond acceptors (Lipinski definition) is 3. The maximum atomic E-state index is 13.8. The van der Waals surface area contributed by atoms with Crippen LogP contribution in [-0.2, 0) is 15.9 Å². The minimum atomic E-state index is -0.752. The van der Waals surface area contributed by atoms with Crippen molar-refractivity contribution in [3.63, 3.8) is 0 Å². The number of nitrogens with zero attached hydrogens (tertiary/aromatic N) is 1. The number of nitriles is 1. The Morgan fingerprint density at radius 3 is 2.13 bits per heavy atom. The van der Waals surface area contributed by atoms with Crippen molar-refractivity contribution in [2.75, 3.05) is 13.2 Å². The molecule has 5 heteroatoms. The van der Waals surface area contributed by atoms with Crippen molar-refractivity contribution in [3.8, 4) is 6.07 Å². The monoisotopic (exact) mass is 431 g/mol. The molecule has 0 N–H and O–H groups in total. The van der Waals surface area contributed by atoms with Gasteiger partial charge in [-0.3, -0.25) is 0 Å². The maximum absolute atomic E-state index is 13.8. The number of rotatable bonds is 10. The van der Waals surface area contributed by atoms with Gasteiger partial charge in [0.1, 0.15) is 23.3 Å². The van der Waals surface area contributed by atoms with Crippen LogP contribution in [0.4, 0.5) is 8.78 Å². The quantitative estimate of drug-likeness (QED) is 0.306. The fourth-order valence-corrected chi connectivity index (χ4v) is 5.11. The van der Waals surface area contributed by atoms with Crippen molar-refractivity contribution in [2.24, 2.45) is 17.8 Å². The lowest BCUT2D eigenvalue weighted by atomic mass is 9.79. The summed E-state index contributed by atoms with van der Waals surface area (Å²) < 4.78 is 39.0. The van der Waals surface area contributed by atoms with Crippen LogP contribution in [0, 0.1) is 40.7 Å². The van der Waals surface area contributed by atoms with E-state index in [2.05, 4.69) is 6.58 Å². The van der Waals surface area contributed by atoms with E-state index in [1.807, 2.05) is 0 Å². The first-order valence-corrected chi connectivity index (χ1v) is 11.8. The number of halogens is 2. The fourth-order valence-electron chi connectivity index (χ4n) is 5.11. The zero-order valence-corrected chi connectivity index (χ0v) is 18.5. The van der Waals surface area contributed by atoms with Gasteiger partial charge in [-0.05, 0) is 93.2 Å². The molecule has 31 heavy (non-hydrogen) atoms. The summed E-state index contributed by atoms with van der Waals surface area (Å²) in [6.07, 6.45) is 14.1. The Morgan fingerprint density at radius 1 is 0.935 bits per heavy atom. The second-order valence-corrected chi connectivity index (χ2v) is 9.27. The number of benzene rings is 1. The Labute approximate surface area is 185 Å². The second kappa shape index (κ2) is 12.2. The van der Waals surface area contributed by atoms with E-state index in [-0.39, 0.29) is 0 Å². The lowest BCUT2D eigenvalue weighted by Gasteiger charge is -2.32. The molecule has 0 heterocycles. The molecule has 1 aromatic carbocycles. The minimum absolute atomic E-state index is 0.412. The molecule has 2 aliphatic rings. The molecular formula is C26H35F2NO2. The topological polar surface area (TPSA) is 42.2 Å². The summed E-state index contributed by atoms with van der Waals surface area (Å²) in [7, 11) is 0. The summed E-state index contributed by atoms with van der Waals surface area (Å²) in [4.78, 5) is 0. The van der Waals surface area contributed by atoms with Gasteiger partial charge < -0.3 is 9.47 Å². The highest BCUT2D eigenvalue weighted by Crippen LogP contribution is 2.34. The van der Waals surface area contributed by atoms with E-state index in [4.69, 9.17) is 14.7 Å². The normalized spacial score (nSPS) is 26.2. The smallest absolute Gasteiger partial charge is 0.144 e. The van der Waals surface area contributed by atoms with Crippen LogP contribution in [0.2, 0.25) is 0 Å².